The van der Waals surface area contributed by atoms with Gasteiger partial charge in [0.1, 0.15) is 5.56 Å². The number of aryl methyl sites for hydroxylation is 2. The minimum absolute atomic E-state index is 0.188. The van der Waals surface area contributed by atoms with Crippen LogP contribution < -0.4 is 0 Å². The van der Waals surface area contributed by atoms with Crippen LogP contribution in [-0.4, -0.2) is 35.9 Å². The van der Waals surface area contributed by atoms with E-state index in [1.807, 2.05) is 32.3 Å². The van der Waals surface area contributed by atoms with Crippen molar-refractivity contribution in [1.82, 2.24) is 24.8 Å². The molecular weight excluding hydrogens is 462 g/mol. The number of hydrogen-bond donors (Lipinski definition) is 1. The van der Waals surface area contributed by atoms with Gasteiger partial charge in [0.2, 0.25) is 0 Å². The second kappa shape index (κ2) is 11.1. The summed E-state index contributed by atoms with van der Waals surface area (Å²) in [4.78, 5) is 12.1. The summed E-state index contributed by atoms with van der Waals surface area (Å²) in [6.07, 6.45) is 13.2. The highest BCUT2D eigenvalue weighted by molar-refractivity contribution is 5.89. The molecule has 1 saturated carbocycles. The molecule has 7 heteroatoms. The number of nitrogens with zero attached hydrogens (tertiary/aromatic N) is 5. The molecular formula is C30H35N5O2. The maximum Gasteiger partial charge on any atom is 0.339 e. The Hall–Kier alpha value is -3.74. The monoisotopic (exact) mass is 497 g/mol. The van der Waals surface area contributed by atoms with Gasteiger partial charge in [0.05, 0.1) is 23.3 Å². The Balaban J connectivity index is 1.46. The quantitative estimate of drug-likeness (QED) is 0.288. The highest BCUT2D eigenvalue weighted by atomic mass is 16.4. The van der Waals surface area contributed by atoms with Crippen LogP contribution in [0.4, 0.5) is 0 Å². The van der Waals surface area contributed by atoms with E-state index >= 15 is 0 Å². The van der Waals surface area contributed by atoms with Crippen molar-refractivity contribution in [2.24, 2.45) is 13.0 Å². The normalized spacial score (nSPS) is 15.1. The van der Waals surface area contributed by atoms with Gasteiger partial charge in [0.15, 0.2) is 0 Å². The summed E-state index contributed by atoms with van der Waals surface area (Å²) in [6, 6.07) is 17.0. The van der Waals surface area contributed by atoms with Crippen molar-refractivity contribution in [3.63, 3.8) is 0 Å². The first-order valence-corrected chi connectivity index (χ1v) is 13.4. The van der Waals surface area contributed by atoms with Gasteiger partial charge >= 0.3 is 5.97 Å². The van der Waals surface area contributed by atoms with Crippen molar-refractivity contribution in [2.75, 3.05) is 0 Å². The van der Waals surface area contributed by atoms with Crippen LogP contribution in [0, 0.1) is 5.92 Å². The van der Waals surface area contributed by atoms with Crippen molar-refractivity contribution in [3.8, 4) is 16.8 Å². The highest BCUT2D eigenvalue weighted by Crippen LogP contribution is 2.33. The van der Waals surface area contributed by atoms with E-state index < -0.39 is 5.97 Å². The Kier molecular flexibility index (Phi) is 7.49. The molecule has 0 radical (unpaired) electrons. The lowest BCUT2D eigenvalue weighted by Crippen LogP contribution is -2.13. The lowest BCUT2D eigenvalue weighted by Gasteiger charge is -2.21. The average molecular weight is 498 g/mol. The maximum absolute atomic E-state index is 12.1. The van der Waals surface area contributed by atoms with Crippen LogP contribution in [0.3, 0.4) is 0 Å². The van der Waals surface area contributed by atoms with Crippen LogP contribution >= 0.6 is 0 Å². The Morgan fingerprint density at radius 1 is 1.08 bits per heavy atom. The lowest BCUT2D eigenvalue weighted by atomic mass is 9.85. The van der Waals surface area contributed by atoms with E-state index in [0.29, 0.717) is 12.1 Å². The molecule has 0 saturated heterocycles. The molecule has 1 unspecified atom stereocenters. The zero-order chi connectivity index (χ0) is 25.8. The molecule has 0 bridgehead atoms. The fourth-order valence-corrected chi connectivity index (χ4v) is 5.70. The van der Waals surface area contributed by atoms with Gasteiger partial charge in [-0.25, -0.2) is 9.48 Å². The molecule has 192 valence electrons. The van der Waals surface area contributed by atoms with Gasteiger partial charge < -0.3 is 5.11 Å². The predicted octanol–water partition coefficient (Wildman–Crippen LogP) is 6.42. The van der Waals surface area contributed by atoms with Gasteiger partial charge in [-0.2, -0.15) is 5.10 Å². The van der Waals surface area contributed by atoms with Crippen LogP contribution in [0.1, 0.15) is 85.1 Å². The maximum atomic E-state index is 12.1. The van der Waals surface area contributed by atoms with E-state index in [1.54, 1.807) is 9.36 Å². The van der Waals surface area contributed by atoms with Crippen LogP contribution in [0.2, 0.25) is 0 Å². The fourth-order valence-electron chi connectivity index (χ4n) is 5.70. The molecule has 1 fully saturated rings. The van der Waals surface area contributed by atoms with Crippen LogP contribution in [0.5, 0.6) is 0 Å². The summed E-state index contributed by atoms with van der Waals surface area (Å²) in [5.74, 6) is -0.372. The van der Waals surface area contributed by atoms with Gasteiger partial charge in [-0.15, -0.1) is 5.10 Å². The van der Waals surface area contributed by atoms with E-state index in [2.05, 4.69) is 51.8 Å². The Morgan fingerprint density at radius 3 is 2.54 bits per heavy atom. The van der Waals surface area contributed by atoms with Crippen molar-refractivity contribution >= 4 is 5.97 Å². The van der Waals surface area contributed by atoms with Gasteiger partial charge in [-0.3, -0.25) is 4.68 Å². The third-order valence-electron chi connectivity index (χ3n) is 7.67. The Bertz CT molecular complexity index is 1370. The summed E-state index contributed by atoms with van der Waals surface area (Å²) in [5, 5.41) is 22.8. The van der Waals surface area contributed by atoms with E-state index in [4.69, 9.17) is 0 Å². The number of carbonyl (C=O) groups is 1. The number of aromatic carboxylic acids is 1. The Morgan fingerprint density at radius 2 is 1.84 bits per heavy atom. The number of hydrogen-bond acceptors (Lipinski definition) is 4. The largest absolute Gasteiger partial charge is 0.478 e. The molecule has 0 aliphatic heterocycles. The molecule has 0 spiro atoms. The molecule has 2 aromatic carbocycles. The number of aromatic nitrogens is 5. The highest BCUT2D eigenvalue weighted by Gasteiger charge is 2.27. The summed E-state index contributed by atoms with van der Waals surface area (Å²) in [5.41, 5.74) is 5.99. The van der Waals surface area contributed by atoms with E-state index in [-0.39, 0.29) is 11.5 Å². The average Bonchev–Trinajstić information content (AvgIpc) is 3.56. The smallest absolute Gasteiger partial charge is 0.339 e. The molecule has 7 nitrogen and oxygen atoms in total. The van der Waals surface area contributed by atoms with Gasteiger partial charge in [0.25, 0.3) is 0 Å². The zero-order valence-corrected chi connectivity index (χ0v) is 21.7. The third-order valence-corrected chi connectivity index (χ3v) is 7.67. The molecule has 2 aromatic heterocycles. The summed E-state index contributed by atoms with van der Waals surface area (Å²) in [6.45, 7) is 2.03. The first-order chi connectivity index (χ1) is 18.0. The minimum atomic E-state index is -0.995. The zero-order valence-electron chi connectivity index (χ0n) is 21.7. The second-order valence-electron chi connectivity index (χ2n) is 10.2. The first kappa shape index (κ1) is 24.9. The standard InChI is InChI=1S/C30H35N5O2/c1-3-26(28-20-34(2)33-32-28)29-27(30(36)37)19-31-35(29)25-14-8-13-24(18-25)23-12-7-11-22(17-23)16-15-21-9-5-4-6-10-21/h7-8,11-14,17-21,26H,3-6,9-10,15-16H2,1-2H3,(H,36,37). The van der Waals surface area contributed by atoms with E-state index in [0.717, 1.165) is 34.8 Å². The van der Waals surface area contributed by atoms with Gasteiger partial charge in [0, 0.05) is 19.2 Å². The Labute approximate surface area is 218 Å². The molecule has 37 heavy (non-hydrogen) atoms. The number of rotatable bonds is 9. The van der Waals surface area contributed by atoms with Crippen LogP contribution in [0.25, 0.3) is 16.8 Å². The molecule has 1 N–H and O–H groups in total. The molecule has 1 aliphatic rings. The first-order valence-electron chi connectivity index (χ1n) is 13.4. The van der Waals surface area contributed by atoms with Crippen molar-refractivity contribution in [3.05, 3.63) is 83.4 Å². The van der Waals surface area contributed by atoms with Gasteiger partial charge in [-0.05, 0) is 54.0 Å². The van der Waals surface area contributed by atoms with Crippen LogP contribution in [0.15, 0.2) is 60.9 Å². The number of carboxylic acid groups (broad SMARTS) is 1. The van der Waals surface area contributed by atoms with E-state index in [9.17, 15) is 9.90 Å². The number of benzene rings is 2. The predicted molar refractivity (Wildman–Crippen MR) is 144 cm³/mol. The molecule has 1 atom stereocenters. The summed E-state index contributed by atoms with van der Waals surface area (Å²) in [7, 11) is 1.81. The number of carboxylic acids is 1. The summed E-state index contributed by atoms with van der Waals surface area (Å²) < 4.78 is 3.39. The topological polar surface area (TPSA) is 85.8 Å². The second-order valence-corrected chi connectivity index (χ2v) is 10.2. The fraction of sp³-hybridized carbons (Fsp3) is 0.400. The lowest BCUT2D eigenvalue weighted by molar-refractivity contribution is 0.0695. The third kappa shape index (κ3) is 5.50. The SMILES string of the molecule is CCC(c1cn(C)nn1)c1c(C(=O)O)cnn1-c1cccc(-c2cccc(CCC3CCCCC3)c2)c1. The van der Waals surface area contributed by atoms with Crippen LogP contribution in [-0.2, 0) is 13.5 Å². The molecule has 4 aromatic rings. The molecule has 2 heterocycles. The van der Waals surface area contributed by atoms with E-state index in [1.165, 1.54) is 50.3 Å². The van der Waals surface area contributed by atoms with Crippen molar-refractivity contribution < 1.29 is 9.90 Å². The van der Waals surface area contributed by atoms with Crippen molar-refractivity contribution in [1.29, 1.82) is 0 Å². The molecule has 1 aliphatic carbocycles. The molecule has 0 amide bonds. The summed E-state index contributed by atoms with van der Waals surface area (Å²) >= 11 is 0. The van der Waals surface area contributed by atoms with Crippen molar-refractivity contribution in [2.45, 2.75) is 64.2 Å². The minimum Gasteiger partial charge on any atom is -0.478 e. The van der Waals surface area contributed by atoms with Gasteiger partial charge in [-0.1, -0.05) is 80.6 Å². The molecule has 5 rings (SSSR count).